The Morgan fingerprint density at radius 2 is 1.68 bits per heavy atom. The second-order valence-electron chi connectivity index (χ2n) is 6.22. The fourth-order valence-electron chi connectivity index (χ4n) is 2.54. The molecule has 0 aromatic heterocycles. The van der Waals surface area contributed by atoms with Crippen LogP contribution in [0.5, 0.6) is 0 Å². The highest BCUT2D eigenvalue weighted by molar-refractivity contribution is 8.18. The Labute approximate surface area is 150 Å². The maximum absolute atomic E-state index is 13.0. The minimum absolute atomic E-state index is 0.147. The van der Waals surface area contributed by atoms with Crippen molar-refractivity contribution in [3.8, 4) is 0 Å². The standard InChI is InChI=1S/C20H18FNO2S/c1-13(2)16-7-3-14(4-8-16)11-18-19(23)22(20(24)25-18)12-15-5-9-17(21)10-6-15/h3-11,13H,12H2,1-2H3/b18-11-. The summed E-state index contributed by atoms with van der Waals surface area (Å²) in [5.41, 5.74) is 2.82. The van der Waals surface area contributed by atoms with E-state index in [0.29, 0.717) is 16.4 Å². The van der Waals surface area contributed by atoms with Crippen LogP contribution in [0.3, 0.4) is 0 Å². The molecular formula is C20H18FNO2S. The summed E-state index contributed by atoms with van der Waals surface area (Å²) in [4.78, 5) is 26.3. The Bertz CT molecular complexity index is 826. The van der Waals surface area contributed by atoms with Crippen LogP contribution in [0.25, 0.3) is 6.08 Å². The lowest BCUT2D eigenvalue weighted by atomic mass is 10.0. The van der Waals surface area contributed by atoms with Crippen molar-refractivity contribution in [1.29, 1.82) is 0 Å². The minimum Gasteiger partial charge on any atom is -0.268 e. The van der Waals surface area contributed by atoms with Crippen molar-refractivity contribution >= 4 is 29.0 Å². The zero-order valence-electron chi connectivity index (χ0n) is 14.0. The number of carbonyl (C=O) groups is 2. The van der Waals surface area contributed by atoms with E-state index in [9.17, 15) is 14.0 Å². The van der Waals surface area contributed by atoms with Crippen LogP contribution < -0.4 is 0 Å². The average Bonchev–Trinajstić information content (AvgIpc) is 2.85. The zero-order chi connectivity index (χ0) is 18.0. The minimum atomic E-state index is -0.345. The van der Waals surface area contributed by atoms with Gasteiger partial charge in [-0.25, -0.2) is 4.39 Å². The van der Waals surface area contributed by atoms with Crippen molar-refractivity contribution < 1.29 is 14.0 Å². The van der Waals surface area contributed by atoms with Crippen LogP contribution in [0, 0.1) is 5.82 Å². The van der Waals surface area contributed by atoms with Gasteiger partial charge in [0.25, 0.3) is 11.1 Å². The third-order valence-electron chi connectivity index (χ3n) is 4.03. The first-order valence-corrected chi connectivity index (χ1v) is 8.85. The second kappa shape index (κ2) is 7.23. The van der Waals surface area contributed by atoms with E-state index in [1.807, 2.05) is 24.3 Å². The maximum Gasteiger partial charge on any atom is 0.293 e. The molecule has 2 aromatic carbocycles. The molecule has 2 aromatic rings. The van der Waals surface area contributed by atoms with E-state index in [0.717, 1.165) is 17.3 Å². The largest absolute Gasteiger partial charge is 0.293 e. The van der Waals surface area contributed by atoms with Crippen molar-refractivity contribution in [2.45, 2.75) is 26.3 Å². The predicted molar refractivity (Wildman–Crippen MR) is 98.4 cm³/mol. The van der Waals surface area contributed by atoms with Crippen molar-refractivity contribution in [2.75, 3.05) is 0 Å². The highest BCUT2D eigenvalue weighted by Crippen LogP contribution is 2.33. The molecule has 3 nitrogen and oxygen atoms in total. The van der Waals surface area contributed by atoms with E-state index in [-0.39, 0.29) is 23.5 Å². The molecular weight excluding hydrogens is 337 g/mol. The number of hydrogen-bond donors (Lipinski definition) is 0. The van der Waals surface area contributed by atoms with Gasteiger partial charge < -0.3 is 0 Å². The Morgan fingerprint density at radius 3 is 2.28 bits per heavy atom. The Hall–Kier alpha value is -2.40. The number of imide groups is 1. The molecule has 2 amide bonds. The normalized spacial score (nSPS) is 16.3. The van der Waals surface area contributed by atoms with Crippen LogP contribution in [-0.2, 0) is 11.3 Å². The number of carbonyl (C=O) groups excluding carboxylic acids is 2. The molecule has 0 atom stereocenters. The van der Waals surface area contributed by atoms with E-state index in [1.165, 1.54) is 22.6 Å². The SMILES string of the molecule is CC(C)c1ccc(/C=C2\SC(=O)N(Cc3ccc(F)cc3)C2=O)cc1. The summed E-state index contributed by atoms with van der Waals surface area (Å²) < 4.78 is 13.0. The number of hydrogen-bond acceptors (Lipinski definition) is 3. The highest BCUT2D eigenvalue weighted by atomic mass is 32.2. The van der Waals surface area contributed by atoms with Gasteiger partial charge in [0.1, 0.15) is 5.82 Å². The number of rotatable bonds is 4. The van der Waals surface area contributed by atoms with Gasteiger partial charge in [0.05, 0.1) is 11.4 Å². The van der Waals surface area contributed by atoms with Crippen LogP contribution in [-0.4, -0.2) is 16.0 Å². The molecule has 0 bridgehead atoms. The smallest absolute Gasteiger partial charge is 0.268 e. The molecule has 3 rings (SSSR count). The molecule has 0 radical (unpaired) electrons. The lowest BCUT2D eigenvalue weighted by molar-refractivity contribution is -0.123. The molecule has 25 heavy (non-hydrogen) atoms. The Balaban J connectivity index is 1.77. The summed E-state index contributed by atoms with van der Waals surface area (Å²) in [5.74, 6) is -0.216. The predicted octanol–water partition coefficient (Wildman–Crippen LogP) is 5.19. The summed E-state index contributed by atoms with van der Waals surface area (Å²) in [7, 11) is 0. The lowest BCUT2D eigenvalue weighted by Crippen LogP contribution is -2.27. The first-order chi connectivity index (χ1) is 11.9. The maximum atomic E-state index is 13.0. The van der Waals surface area contributed by atoms with Gasteiger partial charge in [-0.3, -0.25) is 14.5 Å². The van der Waals surface area contributed by atoms with E-state index in [2.05, 4.69) is 13.8 Å². The molecule has 1 aliphatic rings. The quantitative estimate of drug-likeness (QED) is 0.709. The van der Waals surface area contributed by atoms with Crippen molar-refractivity contribution in [2.24, 2.45) is 0 Å². The summed E-state index contributed by atoms with van der Waals surface area (Å²) >= 11 is 0.934. The van der Waals surface area contributed by atoms with Crippen LogP contribution in [0.15, 0.2) is 53.4 Å². The van der Waals surface area contributed by atoms with E-state index >= 15 is 0 Å². The topological polar surface area (TPSA) is 37.4 Å². The summed E-state index contributed by atoms with van der Waals surface area (Å²) in [6.45, 7) is 4.39. The van der Waals surface area contributed by atoms with Crippen molar-refractivity contribution in [3.63, 3.8) is 0 Å². The summed E-state index contributed by atoms with van der Waals surface area (Å²) in [5, 5.41) is -0.306. The highest BCUT2D eigenvalue weighted by Gasteiger charge is 2.34. The molecule has 0 aliphatic carbocycles. The zero-order valence-corrected chi connectivity index (χ0v) is 14.8. The molecule has 128 valence electrons. The summed E-state index contributed by atoms with van der Waals surface area (Å²) in [6.07, 6.45) is 1.74. The van der Waals surface area contributed by atoms with Gasteiger partial charge in [-0.15, -0.1) is 0 Å². The number of amides is 2. The van der Waals surface area contributed by atoms with Crippen LogP contribution in [0.2, 0.25) is 0 Å². The first kappa shape index (κ1) is 17.4. The molecule has 1 heterocycles. The number of halogens is 1. The average molecular weight is 355 g/mol. The molecule has 5 heteroatoms. The molecule has 0 saturated carbocycles. The Kier molecular flexibility index (Phi) is 5.04. The van der Waals surface area contributed by atoms with Crippen molar-refractivity contribution in [3.05, 3.63) is 75.9 Å². The second-order valence-corrected chi connectivity index (χ2v) is 7.21. The van der Waals surface area contributed by atoms with Gasteiger partial charge in [-0.2, -0.15) is 0 Å². The van der Waals surface area contributed by atoms with Crippen LogP contribution in [0.4, 0.5) is 9.18 Å². The van der Waals surface area contributed by atoms with Gasteiger partial charge in [0.2, 0.25) is 0 Å². The van der Waals surface area contributed by atoms with Gasteiger partial charge >= 0.3 is 0 Å². The van der Waals surface area contributed by atoms with Crippen molar-refractivity contribution in [1.82, 2.24) is 4.90 Å². The van der Waals surface area contributed by atoms with Gasteiger partial charge in [-0.05, 0) is 52.6 Å². The van der Waals surface area contributed by atoms with E-state index in [4.69, 9.17) is 0 Å². The van der Waals surface area contributed by atoms with Crippen LogP contribution >= 0.6 is 11.8 Å². The fourth-order valence-corrected chi connectivity index (χ4v) is 3.38. The fraction of sp³-hybridized carbons (Fsp3) is 0.200. The first-order valence-electron chi connectivity index (χ1n) is 8.04. The Morgan fingerprint density at radius 1 is 1.04 bits per heavy atom. The summed E-state index contributed by atoms with van der Waals surface area (Å²) in [6, 6.07) is 13.7. The number of thioether (sulfide) groups is 1. The number of benzene rings is 2. The molecule has 0 N–H and O–H groups in total. The molecule has 0 spiro atoms. The molecule has 1 aliphatic heterocycles. The molecule has 1 fully saturated rings. The third kappa shape index (κ3) is 3.99. The van der Waals surface area contributed by atoms with Gasteiger partial charge in [0, 0.05) is 0 Å². The third-order valence-corrected chi connectivity index (χ3v) is 4.94. The lowest BCUT2D eigenvalue weighted by Gasteiger charge is -2.12. The van der Waals surface area contributed by atoms with E-state index in [1.54, 1.807) is 18.2 Å². The number of nitrogens with zero attached hydrogens (tertiary/aromatic N) is 1. The molecule has 0 unspecified atom stereocenters. The van der Waals surface area contributed by atoms with Gasteiger partial charge in [-0.1, -0.05) is 50.2 Å². The van der Waals surface area contributed by atoms with E-state index < -0.39 is 0 Å². The molecule has 1 saturated heterocycles. The van der Waals surface area contributed by atoms with Crippen LogP contribution in [0.1, 0.15) is 36.5 Å². The monoisotopic (exact) mass is 355 g/mol. The van der Waals surface area contributed by atoms with Gasteiger partial charge in [0.15, 0.2) is 0 Å².